The van der Waals surface area contributed by atoms with Gasteiger partial charge in [-0.1, -0.05) is 0 Å². The molecule has 2 aliphatic heterocycles. The van der Waals surface area contributed by atoms with Crippen LogP contribution in [0.3, 0.4) is 0 Å². The molecule has 1 amide bonds. The van der Waals surface area contributed by atoms with E-state index in [1.807, 2.05) is 12.1 Å². The lowest BCUT2D eigenvalue weighted by Crippen LogP contribution is -2.36. The zero-order valence-corrected chi connectivity index (χ0v) is 12.9. The van der Waals surface area contributed by atoms with Crippen molar-refractivity contribution in [3.63, 3.8) is 0 Å². The van der Waals surface area contributed by atoms with Crippen LogP contribution in [0.5, 0.6) is 0 Å². The average Bonchev–Trinajstić information content (AvgIpc) is 2.57. The fraction of sp³-hybridized carbons (Fsp3) is 0.625. The van der Waals surface area contributed by atoms with E-state index < -0.39 is 0 Å². The molecule has 2 aliphatic rings. The lowest BCUT2D eigenvalue weighted by Gasteiger charge is -2.27. The van der Waals surface area contributed by atoms with Crippen molar-refractivity contribution in [1.82, 2.24) is 10.3 Å². The maximum absolute atomic E-state index is 12.1. The molecule has 6 nitrogen and oxygen atoms in total. The lowest BCUT2D eigenvalue weighted by atomic mass is 9.94. The number of nitrogens with zero attached hydrogens (tertiary/aromatic N) is 2. The van der Waals surface area contributed by atoms with Gasteiger partial charge in [-0.2, -0.15) is 0 Å². The van der Waals surface area contributed by atoms with Crippen molar-refractivity contribution in [2.24, 2.45) is 5.92 Å². The Bertz CT molecular complexity index is 479. The molecule has 22 heavy (non-hydrogen) atoms. The number of ether oxygens (including phenoxy) is 1. The Balaban J connectivity index is 1.50. The van der Waals surface area contributed by atoms with Crippen LogP contribution in [-0.4, -0.2) is 50.3 Å². The summed E-state index contributed by atoms with van der Waals surface area (Å²) >= 11 is 0. The first-order valence-corrected chi connectivity index (χ1v) is 8.10. The largest absolute Gasteiger partial charge is 0.378 e. The van der Waals surface area contributed by atoms with Gasteiger partial charge in [0, 0.05) is 19.5 Å². The van der Waals surface area contributed by atoms with Gasteiger partial charge in [0.05, 0.1) is 25.1 Å². The molecule has 0 atom stereocenters. The molecule has 2 saturated heterocycles. The zero-order chi connectivity index (χ0) is 15.2. The van der Waals surface area contributed by atoms with Crippen molar-refractivity contribution >= 4 is 17.4 Å². The highest BCUT2D eigenvalue weighted by Gasteiger charge is 2.17. The Hall–Kier alpha value is -1.66. The number of carbonyl (C=O) groups excluding carboxylic acids is 1. The third kappa shape index (κ3) is 4.18. The summed E-state index contributed by atoms with van der Waals surface area (Å²) in [4.78, 5) is 18.7. The molecule has 2 fully saturated rings. The number of pyridine rings is 1. The van der Waals surface area contributed by atoms with E-state index in [1.165, 1.54) is 0 Å². The second-order valence-corrected chi connectivity index (χ2v) is 5.95. The molecule has 3 heterocycles. The van der Waals surface area contributed by atoms with Crippen LogP contribution in [0.1, 0.15) is 19.3 Å². The Morgan fingerprint density at radius 2 is 2.09 bits per heavy atom. The average molecular weight is 304 g/mol. The summed E-state index contributed by atoms with van der Waals surface area (Å²) in [5.74, 6) is 1.54. The summed E-state index contributed by atoms with van der Waals surface area (Å²) < 4.78 is 5.34. The van der Waals surface area contributed by atoms with E-state index in [9.17, 15) is 4.79 Å². The second-order valence-electron chi connectivity index (χ2n) is 5.95. The maximum Gasteiger partial charge on any atom is 0.224 e. The molecule has 3 rings (SSSR count). The molecule has 6 heteroatoms. The van der Waals surface area contributed by atoms with E-state index >= 15 is 0 Å². The number of piperidine rings is 1. The highest BCUT2D eigenvalue weighted by atomic mass is 16.5. The van der Waals surface area contributed by atoms with Crippen LogP contribution in [0.15, 0.2) is 18.3 Å². The number of aromatic nitrogens is 1. The Morgan fingerprint density at radius 1 is 1.32 bits per heavy atom. The summed E-state index contributed by atoms with van der Waals surface area (Å²) in [5, 5.41) is 6.27. The van der Waals surface area contributed by atoms with Gasteiger partial charge in [0.1, 0.15) is 5.82 Å². The van der Waals surface area contributed by atoms with Crippen LogP contribution < -0.4 is 15.5 Å². The van der Waals surface area contributed by atoms with Gasteiger partial charge in [0.25, 0.3) is 0 Å². The summed E-state index contributed by atoms with van der Waals surface area (Å²) in [5.41, 5.74) is 0.774. The van der Waals surface area contributed by atoms with Crippen LogP contribution >= 0.6 is 0 Å². The van der Waals surface area contributed by atoms with Crippen molar-refractivity contribution in [3.05, 3.63) is 18.3 Å². The standard InChI is InChI=1S/C16H24N4O2/c21-16(11-13-3-5-17-6-4-13)19-14-1-2-15(18-12-14)20-7-9-22-10-8-20/h1-2,12-13,17H,3-11H2,(H,19,21). The van der Waals surface area contributed by atoms with Crippen LogP contribution in [0, 0.1) is 5.92 Å². The predicted molar refractivity (Wildman–Crippen MR) is 86.1 cm³/mol. The van der Waals surface area contributed by atoms with Gasteiger partial charge in [-0.15, -0.1) is 0 Å². The predicted octanol–water partition coefficient (Wildman–Crippen LogP) is 1.25. The number of hydrogen-bond acceptors (Lipinski definition) is 5. The minimum Gasteiger partial charge on any atom is -0.378 e. The number of morpholine rings is 1. The molecular weight excluding hydrogens is 280 g/mol. The van der Waals surface area contributed by atoms with Gasteiger partial charge in [-0.3, -0.25) is 4.79 Å². The molecule has 120 valence electrons. The van der Waals surface area contributed by atoms with Crippen molar-refractivity contribution in [1.29, 1.82) is 0 Å². The number of rotatable bonds is 4. The van der Waals surface area contributed by atoms with E-state index in [-0.39, 0.29) is 5.91 Å². The molecule has 0 unspecified atom stereocenters. The van der Waals surface area contributed by atoms with E-state index in [0.29, 0.717) is 12.3 Å². The van der Waals surface area contributed by atoms with Gasteiger partial charge >= 0.3 is 0 Å². The number of amides is 1. The first kappa shape index (κ1) is 15.2. The molecule has 1 aromatic heterocycles. The van der Waals surface area contributed by atoms with E-state index in [0.717, 1.165) is 63.7 Å². The summed E-state index contributed by atoms with van der Waals surface area (Å²) in [6.07, 6.45) is 4.52. The zero-order valence-electron chi connectivity index (χ0n) is 12.9. The molecule has 2 N–H and O–H groups in total. The molecule has 0 aliphatic carbocycles. The van der Waals surface area contributed by atoms with E-state index in [1.54, 1.807) is 6.20 Å². The molecule has 0 bridgehead atoms. The first-order chi connectivity index (χ1) is 10.8. The second kappa shape index (κ2) is 7.56. The van der Waals surface area contributed by atoms with Crippen molar-refractivity contribution in [2.75, 3.05) is 49.6 Å². The summed E-state index contributed by atoms with van der Waals surface area (Å²) in [6, 6.07) is 3.89. The van der Waals surface area contributed by atoms with Crippen molar-refractivity contribution in [2.45, 2.75) is 19.3 Å². The fourth-order valence-electron chi connectivity index (χ4n) is 3.00. The molecular formula is C16H24N4O2. The normalized spacial score (nSPS) is 19.9. The van der Waals surface area contributed by atoms with Crippen molar-refractivity contribution in [3.8, 4) is 0 Å². The lowest BCUT2D eigenvalue weighted by molar-refractivity contribution is -0.117. The van der Waals surface area contributed by atoms with Gasteiger partial charge in [-0.05, 0) is 44.0 Å². The van der Waals surface area contributed by atoms with Gasteiger partial charge in [0.15, 0.2) is 0 Å². The minimum absolute atomic E-state index is 0.0906. The third-order valence-electron chi connectivity index (χ3n) is 4.30. The Kier molecular flexibility index (Phi) is 5.24. The Morgan fingerprint density at radius 3 is 2.77 bits per heavy atom. The number of carbonyl (C=O) groups is 1. The van der Waals surface area contributed by atoms with Gasteiger partial charge in [-0.25, -0.2) is 4.98 Å². The number of hydrogen-bond donors (Lipinski definition) is 2. The topological polar surface area (TPSA) is 66.5 Å². The monoisotopic (exact) mass is 304 g/mol. The van der Waals surface area contributed by atoms with Gasteiger partial charge in [0.2, 0.25) is 5.91 Å². The SMILES string of the molecule is O=C(CC1CCNCC1)Nc1ccc(N2CCOCC2)nc1. The van der Waals surface area contributed by atoms with Crippen LogP contribution in [0.2, 0.25) is 0 Å². The smallest absolute Gasteiger partial charge is 0.224 e. The number of nitrogens with one attached hydrogen (secondary N) is 2. The van der Waals surface area contributed by atoms with E-state index in [2.05, 4.69) is 20.5 Å². The highest BCUT2D eigenvalue weighted by molar-refractivity contribution is 5.90. The highest BCUT2D eigenvalue weighted by Crippen LogP contribution is 2.18. The fourth-order valence-corrected chi connectivity index (χ4v) is 3.00. The van der Waals surface area contributed by atoms with Crippen LogP contribution in [0.4, 0.5) is 11.5 Å². The summed E-state index contributed by atoms with van der Waals surface area (Å²) in [6.45, 7) is 5.27. The molecule has 0 spiro atoms. The molecule has 0 radical (unpaired) electrons. The molecule has 1 aromatic rings. The number of anilines is 2. The third-order valence-corrected chi connectivity index (χ3v) is 4.30. The summed E-state index contributed by atoms with van der Waals surface area (Å²) in [7, 11) is 0. The maximum atomic E-state index is 12.1. The Labute approximate surface area is 131 Å². The van der Waals surface area contributed by atoms with Crippen LogP contribution in [-0.2, 0) is 9.53 Å². The quantitative estimate of drug-likeness (QED) is 0.876. The first-order valence-electron chi connectivity index (χ1n) is 8.10. The molecule has 0 saturated carbocycles. The molecule has 0 aromatic carbocycles. The van der Waals surface area contributed by atoms with Gasteiger partial charge < -0.3 is 20.3 Å². The minimum atomic E-state index is 0.0906. The van der Waals surface area contributed by atoms with Crippen molar-refractivity contribution < 1.29 is 9.53 Å². The van der Waals surface area contributed by atoms with Crippen LogP contribution in [0.25, 0.3) is 0 Å². The van der Waals surface area contributed by atoms with E-state index in [4.69, 9.17) is 4.74 Å².